The van der Waals surface area contributed by atoms with Crippen LogP contribution in [0.2, 0.25) is 0 Å². The van der Waals surface area contributed by atoms with E-state index < -0.39 is 0 Å². The van der Waals surface area contributed by atoms with E-state index in [1.165, 1.54) is 17.7 Å². The van der Waals surface area contributed by atoms with E-state index in [-0.39, 0.29) is 0 Å². The van der Waals surface area contributed by atoms with E-state index in [1.54, 1.807) is 7.05 Å². The summed E-state index contributed by atoms with van der Waals surface area (Å²) in [6.07, 6.45) is 7.09. The molecule has 0 spiro atoms. The zero-order valence-electron chi connectivity index (χ0n) is 11.5. The van der Waals surface area contributed by atoms with Crippen LogP contribution >= 0.6 is 0 Å². The minimum absolute atomic E-state index is 0.294. The molecule has 0 N–H and O–H groups in total. The number of benzene rings is 1. The van der Waals surface area contributed by atoms with Gasteiger partial charge in [0.2, 0.25) is 0 Å². The number of hydrogen-bond acceptors (Lipinski definition) is 3. The monoisotopic (exact) mass is 264 g/mol. The quantitative estimate of drug-likeness (QED) is 0.783. The molecular formula is C16H16N4. The van der Waals surface area contributed by atoms with Crippen LogP contribution in [-0.2, 0) is 6.42 Å². The normalized spacial score (nSPS) is 17.9. The number of imidazole rings is 1. The van der Waals surface area contributed by atoms with Crippen molar-refractivity contribution in [3.63, 3.8) is 0 Å². The van der Waals surface area contributed by atoms with Gasteiger partial charge in [-0.3, -0.25) is 4.99 Å². The largest absolute Gasteiger partial charge is 0.320 e. The lowest BCUT2D eigenvalue weighted by molar-refractivity contribution is 0.456. The predicted molar refractivity (Wildman–Crippen MR) is 78.0 cm³/mol. The summed E-state index contributed by atoms with van der Waals surface area (Å²) in [5, 5.41) is 8.90. The Bertz CT molecular complexity index is 673. The minimum atomic E-state index is 0.294. The summed E-state index contributed by atoms with van der Waals surface area (Å²) in [4.78, 5) is 8.55. The van der Waals surface area contributed by atoms with Crippen LogP contribution in [0.15, 0.2) is 35.5 Å². The maximum absolute atomic E-state index is 8.90. The number of aromatic nitrogens is 2. The highest BCUT2D eigenvalue weighted by molar-refractivity contribution is 5.75. The van der Waals surface area contributed by atoms with E-state index in [4.69, 9.17) is 5.26 Å². The van der Waals surface area contributed by atoms with Gasteiger partial charge in [-0.2, -0.15) is 5.26 Å². The van der Waals surface area contributed by atoms with Gasteiger partial charge in [-0.15, -0.1) is 0 Å². The van der Waals surface area contributed by atoms with Crippen molar-refractivity contribution in [2.75, 3.05) is 7.05 Å². The molecule has 1 aromatic carbocycles. The first-order chi connectivity index (χ1) is 9.83. The zero-order valence-corrected chi connectivity index (χ0v) is 11.5. The van der Waals surface area contributed by atoms with E-state index in [0.29, 0.717) is 11.6 Å². The Kier molecular flexibility index (Phi) is 3.34. The van der Waals surface area contributed by atoms with Crippen LogP contribution < -0.4 is 0 Å². The van der Waals surface area contributed by atoms with Crippen molar-refractivity contribution in [1.82, 2.24) is 9.55 Å². The molecule has 0 saturated heterocycles. The van der Waals surface area contributed by atoms with Gasteiger partial charge in [-0.05, 0) is 37.0 Å². The second-order valence-corrected chi connectivity index (χ2v) is 5.01. The lowest BCUT2D eigenvalue weighted by Gasteiger charge is -2.27. The van der Waals surface area contributed by atoms with Gasteiger partial charge in [0.05, 0.1) is 23.9 Å². The first-order valence-electron chi connectivity index (χ1n) is 6.82. The molecule has 20 heavy (non-hydrogen) atoms. The van der Waals surface area contributed by atoms with Gasteiger partial charge in [-0.25, -0.2) is 4.98 Å². The van der Waals surface area contributed by atoms with E-state index in [0.717, 1.165) is 18.7 Å². The molecule has 0 saturated carbocycles. The van der Waals surface area contributed by atoms with Crippen LogP contribution in [0.4, 0.5) is 0 Å². The number of aliphatic imine (C=N–C) groups is 1. The molecule has 4 nitrogen and oxygen atoms in total. The Morgan fingerprint density at radius 3 is 2.90 bits per heavy atom. The zero-order chi connectivity index (χ0) is 13.9. The fraction of sp³-hybridized carbons (Fsp3) is 0.312. The Morgan fingerprint density at radius 1 is 1.40 bits per heavy atom. The number of nitriles is 1. The highest BCUT2D eigenvalue weighted by atomic mass is 15.1. The van der Waals surface area contributed by atoms with Crippen molar-refractivity contribution in [3.8, 4) is 6.07 Å². The molecule has 4 heteroatoms. The number of nitrogens with zero attached hydrogens (tertiary/aromatic N) is 4. The minimum Gasteiger partial charge on any atom is -0.320 e. The van der Waals surface area contributed by atoms with Crippen LogP contribution in [0.3, 0.4) is 0 Å². The first kappa shape index (κ1) is 12.6. The fourth-order valence-electron chi connectivity index (χ4n) is 2.87. The molecule has 100 valence electrons. The molecule has 1 atom stereocenters. The van der Waals surface area contributed by atoms with Crippen molar-refractivity contribution in [1.29, 1.82) is 5.26 Å². The van der Waals surface area contributed by atoms with Gasteiger partial charge in [-0.1, -0.05) is 12.1 Å². The van der Waals surface area contributed by atoms with Crippen molar-refractivity contribution in [2.24, 2.45) is 4.99 Å². The third kappa shape index (κ3) is 2.12. The molecule has 2 heterocycles. The van der Waals surface area contributed by atoms with Crippen molar-refractivity contribution >= 4 is 6.21 Å². The molecule has 1 unspecified atom stereocenters. The number of rotatable bonds is 2. The second kappa shape index (κ2) is 5.30. The molecule has 3 rings (SSSR count). The van der Waals surface area contributed by atoms with Crippen molar-refractivity contribution < 1.29 is 0 Å². The van der Waals surface area contributed by atoms with E-state index in [1.807, 2.05) is 36.7 Å². The highest BCUT2D eigenvalue weighted by Crippen LogP contribution is 2.31. The molecular weight excluding hydrogens is 248 g/mol. The van der Waals surface area contributed by atoms with Gasteiger partial charge in [0.1, 0.15) is 0 Å². The third-order valence-corrected chi connectivity index (χ3v) is 3.79. The maximum atomic E-state index is 8.90. The predicted octanol–water partition coefficient (Wildman–Crippen LogP) is 2.73. The molecule has 2 aromatic rings. The Hall–Kier alpha value is -2.41. The molecule has 1 aliphatic heterocycles. The van der Waals surface area contributed by atoms with Crippen LogP contribution in [0.1, 0.15) is 41.5 Å². The lowest BCUT2D eigenvalue weighted by atomic mass is 9.95. The summed E-state index contributed by atoms with van der Waals surface area (Å²) in [5.74, 6) is 0.913. The Balaban J connectivity index is 2.04. The van der Waals surface area contributed by atoms with Gasteiger partial charge >= 0.3 is 0 Å². The van der Waals surface area contributed by atoms with Crippen LogP contribution in [0.25, 0.3) is 0 Å². The number of aryl methyl sites for hydroxylation is 1. The van der Waals surface area contributed by atoms with E-state index >= 15 is 0 Å². The molecule has 1 aliphatic rings. The summed E-state index contributed by atoms with van der Waals surface area (Å²) in [6.45, 7) is 0. The SMILES string of the molecule is C/N=C/c1ncc2n1C(c1ccc(C#N)cc1)CCC2. The Labute approximate surface area is 118 Å². The van der Waals surface area contributed by atoms with Crippen LogP contribution in [0, 0.1) is 11.3 Å². The summed E-state index contributed by atoms with van der Waals surface area (Å²) in [7, 11) is 1.77. The van der Waals surface area contributed by atoms with Crippen LogP contribution in [0.5, 0.6) is 0 Å². The fourth-order valence-corrected chi connectivity index (χ4v) is 2.87. The number of hydrogen-bond donors (Lipinski definition) is 0. The summed E-state index contributed by atoms with van der Waals surface area (Å²) < 4.78 is 2.28. The average Bonchev–Trinajstić information content (AvgIpc) is 2.91. The molecule has 0 fully saturated rings. The summed E-state index contributed by atoms with van der Waals surface area (Å²) >= 11 is 0. The number of fused-ring (bicyclic) bond motifs is 1. The standard InChI is InChI=1S/C16H16N4/c1-18-11-16-19-10-14-3-2-4-15(20(14)16)13-7-5-12(9-17)6-8-13/h5-8,10-11,15H,2-4H2,1H3/b18-11+. The molecule has 0 aliphatic carbocycles. The van der Waals surface area contributed by atoms with Crippen molar-refractivity contribution in [2.45, 2.75) is 25.3 Å². The maximum Gasteiger partial charge on any atom is 0.151 e. The topological polar surface area (TPSA) is 54.0 Å². The molecule has 0 radical (unpaired) electrons. The highest BCUT2D eigenvalue weighted by Gasteiger charge is 2.23. The van der Waals surface area contributed by atoms with Gasteiger partial charge < -0.3 is 4.57 Å². The lowest BCUT2D eigenvalue weighted by Crippen LogP contribution is -2.20. The summed E-state index contributed by atoms with van der Waals surface area (Å²) in [6, 6.07) is 10.3. The van der Waals surface area contributed by atoms with Gasteiger partial charge in [0.15, 0.2) is 5.82 Å². The average molecular weight is 264 g/mol. The van der Waals surface area contributed by atoms with Gasteiger partial charge in [0.25, 0.3) is 0 Å². The molecule has 0 amide bonds. The smallest absolute Gasteiger partial charge is 0.151 e. The third-order valence-electron chi connectivity index (χ3n) is 3.79. The van der Waals surface area contributed by atoms with E-state index in [2.05, 4.69) is 20.6 Å². The second-order valence-electron chi connectivity index (χ2n) is 5.01. The first-order valence-corrected chi connectivity index (χ1v) is 6.82. The Morgan fingerprint density at radius 2 is 2.20 bits per heavy atom. The van der Waals surface area contributed by atoms with Gasteiger partial charge in [0, 0.05) is 18.9 Å². The van der Waals surface area contributed by atoms with Crippen LogP contribution in [-0.4, -0.2) is 22.8 Å². The summed E-state index contributed by atoms with van der Waals surface area (Å²) in [5.41, 5.74) is 3.19. The molecule has 0 bridgehead atoms. The molecule has 1 aromatic heterocycles. The van der Waals surface area contributed by atoms with Crippen molar-refractivity contribution in [3.05, 3.63) is 53.1 Å². The van der Waals surface area contributed by atoms with E-state index in [9.17, 15) is 0 Å².